The van der Waals surface area contributed by atoms with Gasteiger partial charge in [-0.05, 0) is 44.0 Å². The summed E-state index contributed by atoms with van der Waals surface area (Å²) < 4.78 is 28.8. The number of halogens is 2. The van der Waals surface area contributed by atoms with Gasteiger partial charge in [-0.1, -0.05) is 24.3 Å². The second-order valence-corrected chi connectivity index (χ2v) is 7.25. The van der Waals surface area contributed by atoms with Crippen molar-refractivity contribution in [2.75, 3.05) is 0 Å². The van der Waals surface area contributed by atoms with Gasteiger partial charge in [0.1, 0.15) is 12.1 Å². The Balaban J connectivity index is 1.72. The molecule has 1 aromatic heterocycles. The van der Waals surface area contributed by atoms with Crippen molar-refractivity contribution in [1.82, 2.24) is 14.9 Å². The minimum Gasteiger partial charge on any atom is -0.348 e. The molecule has 0 aliphatic carbocycles. The lowest BCUT2D eigenvalue weighted by Crippen LogP contribution is -2.30. The fraction of sp³-hybridized carbons (Fsp3) is 0.286. The Labute approximate surface area is 161 Å². The molecule has 28 heavy (non-hydrogen) atoms. The molecule has 0 saturated carbocycles. The van der Waals surface area contributed by atoms with Crippen molar-refractivity contribution in [1.29, 1.82) is 5.26 Å². The molecule has 0 aliphatic rings. The number of rotatable bonds is 5. The zero-order valence-electron chi connectivity index (χ0n) is 15.8. The van der Waals surface area contributed by atoms with Crippen molar-refractivity contribution in [3.05, 3.63) is 65.5 Å². The number of hydrogen-bond acceptors (Lipinski definition) is 3. The van der Waals surface area contributed by atoms with Crippen molar-refractivity contribution >= 4 is 16.9 Å². The molecular weight excluding hydrogens is 362 g/mol. The fourth-order valence-corrected chi connectivity index (χ4v) is 2.99. The molecule has 3 rings (SSSR count). The number of nitriles is 1. The summed E-state index contributed by atoms with van der Waals surface area (Å²) in [5, 5.41) is 12.1. The second kappa shape index (κ2) is 7.39. The van der Waals surface area contributed by atoms with Gasteiger partial charge in [0.2, 0.25) is 5.91 Å². The molecule has 0 bridgehead atoms. The van der Waals surface area contributed by atoms with Gasteiger partial charge in [-0.3, -0.25) is 4.79 Å². The minimum atomic E-state index is -1.02. The molecule has 1 unspecified atom stereocenters. The van der Waals surface area contributed by atoms with E-state index in [4.69, 9.17) is 0 Å². The molecule has 0 spiro atoms. The topological polar surface area (TPSA) is 70.7 Å². The molecule has 3 aromatic rings. The van der Waals surface area contributed by atoms with Gasteiger partial charge in [0.15, 0.2) is 11.6 Å². The fourth-order valence-electron chi connectivity index (χ4n) is 2.99. The average Bonchev–Trinajstić information content (AvgIpc) is 3.08. The van der Waals surface area contributed by atoms with Crippen LogP contribution in [0.25, 0.3) is 11.0 Å². The molecule has 1 amide bonds. The number of carbonyl (C=O) groups excluding carboxylic acids is 1. The SMILES string of the molecule is CC(NC(=O)Cn1cnc2ccc(F)c(F)c21)c1ccc(C(C)(C)C#N)cc1. The van der Waals surface area contributed by atoms with E-state index in [0.29, 0.717) is 0 Å². The molecule has 7 heteroatoms. The van der Waals surface area contributed by atoms with Gasteiger partial charge in [0.25, 0.3) is 0 Å². The Morgan fingerprint density at radius 1 is 1.25 bits per heavy atom. The van der Waals surface area contributed by atoms with Crippen LogP contribution in [0, 0.1) is 23.0 Å². The lowest BCUT2D eigenvalue weighted by atomic mass is 9.85. The van der Waals surface area contributed by atoms with E-state index in [0.717, 1.165) is 17.2 Å². The number of nitrogens with zero attached hydrogens (tertiary/aromatic N) is 3. The summed E-state index contributed by atoms with van der Waals surface area (Å²) in [4.78, 5) is 16.4. The lowest BCUT2D eigenvalue weighted by molar-refractivity contribution is -0.122. The Bertz CT molecular complexity index is 1060. The average molecular weight is 382 g/mol. The summed E-state index contributed by atoms with van der Waals surface area (Å²) in [6.07, 6.45) is 1.32. The van der Waals surface area contributed by atoms with Crippen molar-refractivity contribution in [3.8, 4) is 6.07 Å². The molecular formula is C21H20F2N4O. The number of nitrogens with one attached hydrogen (secondary N) is 1. The van der Waals surface area contributed by atoms with Crippen LogP contribution < -0.4 is 5.32 Å². The molecule has 5 nitrogen and oxygen atoms in total. The first-order valence-corrected chi connectivity index (χ1v) is 8.83. The maximum atomic E-state index is 14.0. The maximum absolute atomic E-state index is 14.0. The molecule has 0 saturated heterocycles. The van der Waals surface area contributed by atoms with Crippen LogP contribution in [0.2, 0.25) is 0 Å². The molecule has 0 aliphatic heterocycles. The Kier molecular flexibility index (Phi) is 5.14. The third-order valence-electron chi connectivity index (χ3n) is 4.77. The molecule has 0 radical (unpaired) electrons. The van der Waals surface area contributed by atoms with E-state index in [-0.39, 0.29) is 29.5 Å². The third-order valence-corrected chi connectivity index (χ3v) is 4.77. The van der Waals surface area contributed by atoms with E-state index in [1.807, 2.05) is 45.0 Å². The molecule has 0 fully saturated rings. The molecule has 1 heterocycles. The number of carbonyl (C=O) groups is 1. The van der Waals surface area contributed by atoms with Gasteiger partial charge in [0.05, 0.1) is 29.4 Å². The first kappa shape index (κ1) is 19.5. The summed E-state index contributed by atoms with van der Waals surface area (Å²) >= 11 is 0. The molecule has 1 N–H and O–H groups in total. The standard InChI is InChI=1S/C21H20F2N4O/c1-13(14-4-6-15(7-5-14)21(2,3)11-24)26-18(28)10-27-12-25-17-9-8-16(22)19(23)20(17)27/h4-9,12-13H,10H2,1-3H3,(H,26,28). The summed E-state index contributed by atoms with van der Waals surface area (Å²) in [5.41, 5.74) is 1.42. The van der Waals surface area contributed by atoms with Crippen LogP contribution in [0.4, 0.5) is 8.78 Å². The Morgan fingerprint density at radius 2 is 1.93 bits per heavy atom. The van der Waals surface area contributed by atoms with E-state index in [9.17, 15) is 18.8 Å². The summed E-state index contributed by atoms with van der Waals surface area (Å²) in [7, 11) is 0. The number of aromatic nitrogens is 2. The van der Waals surface area contributed by atoms with Crippen LogP contribution in [-0.4, -0.2) is 15.5 Å². The van der Waals surface area contributed by atoms with Gasteiger partial charge in [-0.2, -0.15) is 5.26 Å². The second-order valence-electron chi connectivity index (χ2n) is 7.25. The largest absolute Gasteiger partial charge is 0.348 e. The van der Waals surface area contributed by atoms with Gasteiger partial charge >= 0.3 is 0 Å². The summed E-state index contributed by atoms with van der Waals surface area (Å²) in [5.74, 6) is -2.35. The molecule has 144 valence electrons. The normalized spacial score (nSPS) is 12.6. The number of fused-ring (bicyclic) bond motifs is 1. The van der Waals surface area contributed by atoms with Crippen LogP contribution in [0.3, 0.4) is 0 Å². The minimum absolute atomic E-state index is 0.0362. The summed E-state index contributed by atoms with van der Waals surface area (Å²) in [6.45, 7) is 5.32. The van der Waals surface area contributed by atoms with Crippen LogP contribution in [-0.2, 0) is 16.8 Å². The highest BCUT2D eigenvalue weighted by molar-refractivity contribution is 5.81. The zero-order chi connectivity index (χ0) is 20.5. The highest BCUT2D eigenvalue weighted by Gasteiger charge is 2.20. The van der Waals surface area contributed by atoms with E-state index in [1.165, 1.54) is 17.0 Å². The van der Waals surface area contributed by atoms with Gasteiger partial charge < -0.3 is 9.88 Å². The van der Waals surface area contributed by atoms with E-state index >= 15 is 0 Å². The molecule has 1 atom stereocenters. The van der Waals surface area contributed by atoms with Crippen molar-refractivity contribution < 1.29 is 13.6 Å². The number of benzene rings is 2. The van der Waals surface area contributed by atoms with E-state index in [1.54, 1.807) is 0 Å². The Hall–Kier alpha value is -3.27. The monoisotopic (exact) mass is 382 g/mol. The zero-order valence-corrected chi connectivity index (χ0v) is 15.8. The molecule has 2 aromatic carbocycles. The smallest absolute Gasteiger partial charge is 0.240 e. The van der Waals surface area contributed by atoms with Crippen molar-refractivity contribution in [2.45, 2.75) is 38.8 Å². The third kappa shape index (κ3) is 3.72. The van der Waals surface area contributed by atoms with Gasteiger partial charge in [-0.25, -0.2) is 13.8 Å². The van der Waals surface area contributed by atoms with Crippen LogP contribution >= 0.6 is 0 Å². The number of imidazole rings is 1. The van der Waals surface area contributed by atoms with Gasteiger partial charge in [0, 0.05) is 0 Å². The first-order valence-electron chi connectivity index (χ1n) is 8.83. The summed E-state index contributed by atoms with van der Waals surface area (Å²) in [6, 6.07) is 11.8. The number of hydrogen-bond donors (Lipinski definition) is 1. The predicted octanol–water partition coefficient (Wildman–Crippen LogP) is 3.99. The predicted molar refractivity (Wildman–Crippen MR) is 101 cm³/mol. The quantitative estimate of drug-likeness (QED) is 0.725. The van der Waals surface area contributed by atoms with Crippen molar-refractivity contribution in [2.24, 2.45) is 0 Å². The van der Waals surface area contributed by atoms with Gasteiger partial charge in [-0.15, -0.1) is 0 Å². The highest BCUT2D eigenvalue weighted by atomic mass is 19.2. The van der Waals surface area contributed by atoms with Crippen LogP contribution in [0.15, 0.2) is 42.7 Å². The van der Waals surface area contributed by atoms with Crippen LogP contribution in [0.1, 0.15) is 37.9 Å². The first-order chi connectivity index (χ1) is 13.2. The van der Waals surface area contributed by atoms with Crippen molar-refractivity contribution in [3.63, 3.8) is 0 Å². The van der Waals surface area contributed by atoms with E-state index in [2.05, 4.69) is 16.4 Å². The maximum Gasteiger partial charge on any atom is 0.240 e. The number of amides is 1. The highest BCUT2D eigenvalue weighted by Crippen LogP contribution is 2.24. The van der Waals surface area contributed by atoms with Crippen LogP contribution in [0.5, 0.6) is 0 Å². The lowest BCUT2D eigenvalue weighted by Gasteiger charge is -2.19. The Morgan fingerprint density at radius 3 is 2.57 bits per heavy atom. The van der Waals surface area contributed by atoms with E-state index < -0.39 is 17.0 Å².